The van der Waals surface area contributed by atoms with Crippen LogP contribution in [0.3, 0.4) is 0 Å². The third-order valence-corrected chi connectivity index (χ3v) is 7.75. The molecule has 160 valence electrons. The van der Waals surface area contributed by atoms with Crippen molar-refractivity contribution in [3.8, 4) is 0 Å². The van der Waals surface area contributed by atoms with Crippen molar-refractivity contribution in [2.75, 3.05) is 26.3 Å². The lowest BCUT2D eigenvalue weighted by Gasteiger charge is -2.26. The molecule has 1 fully saturated rings. The Hall–Kier alpha value is -2.27. The summed E-state index contributed by atoms with van der Waals surface area (Å²) < 4.78 is 39.9. The van der Waals surface area contributed by atoms with Crippen molar-refractivity contribution in [3.05, 3.63) is 46.4 Å². The fourth-order valence-electron chi connectivity index (χ4n) is 3.47. The Balaban J connectivity index is 1.55. The Morgan fingerprint density at radius 1 is 1.27 bits per heavy atom. The summed E-state index contributed by atoms with van der Waals surface area (Å²) in [6, 6.07) is 8.74. The number of carbonyl (C=O) groups is 1. The van der Waals surface area contributed by atoms with E-state index < -0.39 is 10.0 Å². The van der Waals surface area contributed by atoms with Gasteiger partial charge in [-0.15, -0.1) is 11.3 Å². The van der Waals surface area contributed by atoms with Gasteiger partial charge in [-0.1, -0.05) is 6.07 Å². The summed E-state index contributed by atoms with van der Waals surface area (Å²) in [5.41, 5.74) is 1.37. The predicted molar refractivity (Wildman–Crippen MR) is 113 cm³/mol. The average Bonchev–Trinajstić information content (AvgIpc) is 3.39. The van der Waals surface area contributed by atoms with E-state index in [4.69, 9.17) is 9.47 Å². The van der Waals surface area contributed by atoms with Gasteiger partial charge >= 0.3 is 5.97 Å². The summed E-state index contributed by atoms with van der Waals surface area (Å²) in [5, 5.41) is 1.92. The van der Waals surface area contributed by atoms with Crippen LogP contribution in [0.2, 0.25) is 0 Å². The number of rotatable bonds is 7. The number of imidazole rings is 1. The minimum absolute atomic E-state index is 0.0400. The lowest BCUT2D eigenvalue weighted by molar-refractivity contribution is -0.144. The van der Waals surface area contributed by atoms with Crippen molar-refractivity contribution in [1.29, 1.82) is 0 Å². The lowest BCUT2D eigenvalue weighted by Crippen LogP contribution is -2.40. The smallest absolute Gasteiger partial charge is 0.311 e. The van der Waals surface area contributed by atoms with Crippen LogP contribution in [0, 0.1) is 0 Å². The fourth-order valence-corrected chi connectivity index (χ4v) is 5.59. The molecule has 1 saturated heterocycles. The number of benzene rings is 1. The lowest BCUT2D eigenvalue weighted by atomic mass is 10.3. The molecule has 0 N–H and O–H groups in total. The topological polar surface area (TPSA) is 90.7 Å². The highest BCUT2D eigenvalue weighted by Crippen LogP contribution is 2.24. The van der Waals surface area contributed by atoms with Crippen molar-refractivity contribution >= 4 is 38.4 Å². The zero-order chi connectivity index (χ0) is 21.1. The Kier molecular flexibility index (Phi) is 6.19. The first-order valence-corrected chi connectivity index (χ1v) is 12.1. The molecule has 1 aliphatic rings. The van der Waals surface area contributed by atoms with Crippen LogP contribution in [0.5, 0.6) is 0 Å². The van der Waals surface area contributed by atoms with Crippen LogP contribution in [-0.4, -0.2) is 54.5 Å². The molecular weight excluding hydrogens is 426 g/mol. The maximum absolute atomic E-state index is 12.9. The van der Waals surface area contributed by atoms with Crippen LogP contribution < -0.4 is 0 Å². The highest BCUT2D eigenvalue weighted by molar-refractivity contribution is 7.89. The number of sulfonamides is 1. The number of carbonyl (C=O) groups excluding carboxylic acids is 1. The van der Waals surface area contributed by atoms with Crippen molar-refractivity contribution < 1.29 is 22.7 Å². The van der Waals surface area contributed by atoms with Crippen molar-refractivity contribution in [1.82, 2.24) is 13.9 Å². The Labute approximate surface area is 179 Å². The normalized spacial score (nSPS) is 15.5. The van der Waals surface area contributed by atoms with Gasteiger partial charge in [0.2, 0.25) is 10.0 Å². The van der Waals surface area contributed by atoms with Gasteiger partial charge in [0.15, 0.2) is 0 Å². The Bertz CT molecular complexity index is 1130. The van der Waals surface area contributed by atoms with Crippen molar-refractivity contribution in [2.24, 2.45) is 0 Å². The zero-order valence-corrected chi connectivity index (χ0v) is 18.2. The van der Waals surface area contributed by atoms with Crippen molar-refractivity contribution in [3.63, 3.8) is 0 Å². The standard InChI is InChI=1S/C20H23N3O5S2/c1-2-23-18-6-5-16(30(25,26)22-7-9-27-10-8-22)13-17(18)21-19(23)14-28-20(24)12-15-4-3-11-29-15/h3-6,11,13H,2,7-10,12,14H2,1H3. The molecule has 0 aliphatic carbocycles. The number of esters is 1. The van der Waals surface area contributed by atoms with Gasteiger partial charge in [-0.05, 0) is 36.6 Å². The van der Waals surface area contributed by atoms with Crippen LogP contribution in [0.15, 0.2) is 40.6 Å². The van der Waals surface area contributed by atoms with E-state index >= 15 is 0 Å². The van der Waals surface area contributed by atoms with Gasteiger partial charge in [-0.2, -0.15) is 4.31 Å². The third kappa shape index (κ3) is 4.27. The second-order valence-corrected chi connectivity index (χ2v) is 9.83. The molecule has 0 amide bonds. The highest BCUT2D eigenvalue weighted by atomic mass is 32.2. The first-order valence-electron chi connectivity index (χ1n) is 9.74. The number of morpholine rings is 1. The van der Waals surface area contributed by atoms with E-state index in [1.165, 1.54) is 15.6 Å². The van der Waals surface area contributed by atoms with Crippen LogP contribution in [-0.2, 0) is 43.9 Å². The molecule has 10 heteroatoms. The van der Waals surface area contributed by atoms with Gasteiger partial charge < -0.3 is 14.0 Å². The number of nitrogens with zero attached hydrogens (tertiary/aromatic N) is 3. The van der Waals surface area contributed by atoms with Gasteiger partial charge in [0.05, 0.1) is 35.6 Å². The van der Waals surface area contributed by atoms with Crippen LogP contribution in [0.1, 0.15) is 17.6 Å². The quantitative estimate of drug-likeness (QED) is 0.515. The van der Waals surface area contributed by atoms with Gasteiger partial charge in [-0.25, -0.2) is 13.4 Å². The van der Waals surface area contributed by atoms with E-state index in [0.717, 1.165) is 10.4 Å². The molecule has 3 aromatic rings. The van der Waals surface area contributed by atoms with E-state index in [0.29, 0.717) is 44.2 Å². The van der Waals surface area contributed by atoms with E-state index in [2.05, 4.69) is 4.98 Å². The molecular formula is C20H23N3O5S2. The highest BCUT2D eigenvalue weighted by Gasteiger charge is 2.27. The molecule has 30 heavy (non-hydrogen) atoms. The molecule has 0 spiro atoms. The van der Waals surface area contributed by atoms with Gasteiger partial charge in [0, 0.05) is 24.5 Å². The first-order chi connectivity index (χ1) is 14.5. The number of hydrogen-bond acceptors (Lipinski definition) is 7. The minimum Gasteiger partial charge on any atom is -0.457 e. The summed E-state index contributed by atoms with van der Waals surface area (Å²) in [6.45, 7) is 4.11. The Morgan fingerprint density at radius 2 is 2.07 bits per heavy atom. The summed E-state index contributed by atoms with van der Waals surface area (Å²) in [6.07, 6.45) is 0.228. The number of aryl methyl sites for hydroxylation is 1. The number of ether oxygens (including phenoxy) is 2. The second kappa shape index (κ2) is 8.84. The minimum atomic E-state index is -3.60. The Morgan fingerprint density at radius 3 is 2.77 bits per heavy atom. The van der Waals surface area contributed by atoms with Crippen LogP contribution in [0.4, 0.5) is 0 Å². The molecule has 0 bridgehead atoms. The number of hydrogen-bond donors (Lipinski definition) is 0. The van der Waals surface area contributed by atoms with E-state index in [-0.39, 0.29) is 23.9 Å². The third-order valence-electron chi connectivity index (χ3n) is 4.98. The molecule has 1 aliphatic heterocycles. The van der Waals surface area contributed by atoms with Gasteiger partial charge in [0.1, 0.15) is 12.4 Å². The SMILES string of the molecule is CCn1c(COC(=O)Cc2cccs2)nc2cc(S(=O)(=O)N3CCOCC3)ccc21. The maximum atomic E-state index is 12.9. The maximum Gasteiger partial charge on any atom is 0.311 e. The summed E-state index contributed by atoms with van der Waals surface area (Å²) in [4.78, 5) is 17.8. The molecule has 1 aromatic carbocycles. The van der Waals surface area contributed by atoms with Gasteiger partial charge in [0.25, 0.3) is 0 Å². The molecule has 0 atom stereocenters. The van der Waals surface area contributed by atoms with Gasteiger partial charge in [-0.3, -0.25) is 4.79 Å². The molecule has 0 saturated carbocycles. The first kappa shape index (κ1) is 21.0. The zero-order valence-electron chi connectivity index (χ0n) is 16.6. The average molecular weight is 450 g/mol. The summed E-state index contributed by atoms with van der Waals surface area (Å²) in [5.74, 6) is 0.274. The van der Waals surface area contributed by atoms with E-state index in [1.54, 1.807) is 18.2 Å². The summed E-state index contributed by atoms with van der Waals surface area (Å²) in [7, 11) is -3.60. The van der Waals surface area contributed by atoms with Crippen molar-refractivity contribution in [2.45, 2.75) is 31.4 Å². The molecule has 0 radical (unpaired) electrons. The van der Waals surface area contributed by atoms with E-state index in [1.807, 2.05) is 29.0 Å². The number of thiophene rings is 1. The molecule has 3 heterocycles. The number of aromatic nitrogens is 2. The number of fused-ring (bicyclic) bond motifs is 1. The second-order valence-electron chi connectivity index (χ2n) is 6.86. The molecule has 8 nitrogen and oxygen atoms in total. The molecule has 0 unspecified atom stereocenters. The fraction of sp³-hybridized carbons (Fsp3) is 0.400. The molecule has 4 rings (SSSR count). The molecule has 2 aromatic heterocycles. The predicted octanol–water partition coefficient (Wildman–Crippen LogP) is 2.42. The van der Waals surface area contributed by atoms with E-state index in [9.17, 15) is 13.2 Å². The summed E-state index contributed by atoms with van der Waals surface area (Å²) >= 11 is 1.51. The monoisotopic (exact) mass is 449 g/mol. The largest absolute Gasteiger partial charge is 0.457 e. The van der Waals surface area contributed by atoms with Crippen LogP contribution in [0.25, 0.3) is 11.0 Å². The van der Waals surface area contributed by atoms with Crippen LogP contribution >= 0.6 is 11.3 Å².